The molecule has 0 saturated carbocycles. The number of carbonyl (C=O) groups excluding carboxylic acids is 1. The van der Waals surface area contributed by atoms with Gasteiger partial charge in [-0.25, -0.2) is 9.97 Å². The Morgan fingerprint density at radius 3 is 2.79 bits per heavy atom. The third-order valence-corrected chi connectivity index (χ3v) is 4.24. The van der Waals surface area contributed by atoms with Crippen LogP contribution >= 0.6 is 0 Å². The zero-order chi connectivity index (χ0) is 16.9. The predicted octanol–water partition coefficient (Wildman–Crippen LogP) is 2.84. The van der Waals surface area contributed by atoms with Crippen LogP contribution in [-0.4, -0.2) is 29.0 Å². The third-order valence-electron chi connectivity index (χ3n) is 4.24. The number of aromatic nitrogens is 2. The highest BCUT2D eigenvalue weighted by molar-refractivity contribution is 6.03. The molecule has 122 valence electrons. The van der Waals surface area contributed by atoms with E-state index in [1.54, 1.807) is 36.5 Å². The van der Waals surface area contributed by atoms with E-state index in [0.717, 1.165) is 31.8 Å². The second kappa shape index (κ2) is 7.09. The Balaban J connectivity index is 1.76. The molecule has 1 aliphatic heterocycles. The van der Waals surface area contributed by atoms with Crippen molar-refractivity contribution in [2.75, 3.05) is 23.3 Å². The number of carbonyl (C=O) groups is 1. The Morgan fingerprint density at radius 1 is 1.29 bits per heavy atom. The van der Waals surface area contributed by atoms with E-state index in [0.29, 0.717) is 22.9 Å². The van der Waals surface area contributed by atoms with Crippen LogP contribution in [0.25, 0.3) is 0 Å². The lowest BCUT2D eigenvalue weighted by atomic mass is 10.00. The molecule has 6 nitrogen and oxygen atoms in total. The van der Waals surface area contributed by atoms with Crippen LogP contribution in [0.1, 0.15) is 35.8 Å². The standard InChI is InChI=1S/C18H19N5O/c1-13-7-10-23(11-8-13)18-20-9-6-16(22-18)17(24)21-15-5-3-2-4-14(15)12-19/h2-6,9,13H,7-8,10-11H2,1H3,(H,21,24). The van der Waals surface area contributed by atoms with Gasteiger partial charge in [0.25, 0.3) is 5.91 Å². The normalized spacial score (nSPS) is 14.9. The van der Waals surface area contributed by atoms with E-state index < -0.39 is 0 Å². The average Bonchev–Trinajstić information content (AvgIpc) is 2.63. The lowest BCUT2D eigenvalue weighted by Gasteiger charge is -2.30. The van der Waals surface area contributed by atoms with Crippen molar-refractivity contribution in [2.45, 2.75) is 19.8 Å². The number of rotatable bonds is 3. The van der Waals surface area contributed by atoms with E-state index in [4.69, 9.17) is 5.26 Å². The second-order valence-electron chi connectivity index (χ2n) is 6.02. The molecular formula is C18H19N5O. The fraction of sp³-hybridized carbons (Fsp3) is 0.333. The van der Waals surface area contributed by atoms with E-state index in [2.05, 4.69) is 33.2 Å². The van der Waals surface area contributed by atoms with Gasteiger partial charge in [0.2, 0.25) is 5.95 Å². The molecule has 0 radical (unpaired) electrons. The Hall–Kier alpha value is -2.94. The van der Waals surface area contributed by atoms with Crippen molar-refractivity contribution in [3.63, 3.8) is 0 Å². The fourth-order valence-electron chi connectivity index (χ4n) is 2.71. The molecule has 1 saturated heterocycles. The highest BCUT2D eigenvalue weighted by Gasteiger charge is 2.19. The van der Waals surface area contributed by atoms with Crippen molar-refractivity contribution >= 4 is 17.5 Å². The van der Waals surface area contributed by atoms with Gasteiger partial charge < -0.3 is 10.2 Å². The molecule has 3 rings (SSSR count). The van der Waals surface area contributed by atoms with Crippen LogP contribution in [0, 0.1) is 17.2 Å². The zero-order valence-corrected chi connectivity index (χ0v) is 13.6. The van der Waals surface area contributed by atoms with Gasteiger partial charge in [0.1, 0.15) is 11.8 Å². The molecule has 1 aromatic carbocycles. The summed E-state index contributed by atoms with van der Waals surface area (Å²) in [7, 11) is 0. The van der Waals surface area contributed by atoms with Gasteiger partial charge in [-0.05, 0) is 37.0 Å². The Labute approximate surface area is 141 Å². The number of para-hydroxylation sites is 1. The lowest BCUT2D eigenvalue weighted by molar-refractivity contribution is 0.102. The SMILES string of the molecule is CC1CCN(c2nccc(C(=O)Nc3ccccc3C#N)n2)CC1. The molecule has 1 aliphatic rings. The maximum absolute atomic E-state index is 12.4. The first kappa shape index (κ1) is 15.9. The molecule has 1 aromatic heterocycles. The minimum atomic E-state index is -0.341. The highest BCUT2D eigenvalue weighted by Crippen LogP contribution is 2.20. The van der Waals surface area contributed by atoms with Crippen LogP contribution in [-0.2, 0) is 0 Å². The van der Waals surface area contributed by atoms with E-state index in [1.165, 1.54) is 0 Å². The molecule has 0 spiro atoms. The summed E-state index contributed by atoms with van der Waals surface area (Å²) in [6.45, 7) is 4.06. The summed E-state index contributed by atoms with van der Waals surface area (Å²) in [6, 6.07) is 10.5. The zero-order valence-electron chi connectivity index (χ0n) is 13.6. The first-order valence-electron chi connectivity index (χ1n) is 8.06. The molecular weight excluding hydrogens is 302 g/mol. The Morgan fingerprint density at radius 2 is 2.04 bits per heavy atom. The predicted molar refractivity (Wildman–Crippen MR) is 91.8 cm³/mol. The van der Waals surface area contributed by atoms with Crippen molar-refractivity contribution in [1.82, 2.24) is 9.97 Å². The topological polar surface area (TPSA) is 81.9 Å². The van der Waals surface area contributed by atoms with E-state index in [1.807, 2.05) is 0 Å². The van der Waals surface area contributed by atoms with Crippen molar-refractivity contribution in [2.24, 2.45) is 5.92 Å². The number of hydrogen-bond acceptors (Lipinski definition) is 5. The first-order chi connectivity index (χ1) is 11.7. The first-order valence-corrected chi connectivity index (χ1v) is 8.06. The minimum absolute atomic E-state index is 0.298. The van der Waals surface area contributed by atoms with Crippen LogP contribution < -0.4 is 10.2 Å². The summed E-state index contributed by atoms with van der Waals surface area (Å²) in [5.74, 6) is 0.963. The van der Waals surface area contributed by atoms with E-state index in [9.17, 15) is 4.79 Å². The van der Waals surface area contributed by atoms with Crippen molar-refractivity contribution < 1.29 is 4.79 Å². The summed E-state index contributed by atoms with van der Waals surface area (Å²) in [4.78, 5) is 23.2. The van der Waals surface area contributed by atoms with Crippen molar-refractivity contribution in [3.8, 4) is 6.07 Å². The molecule has 1 fully saturated rings. The monoisotopic (exact) mass is 321 g/mol. The van der Waals surface area contributed by atoms with Gasteiger partial charge in [0.15, 0.2) is 0 Å². The minimum Gasteiger partial charge on any atom is -0.341 e. The summed E-state index contributed by atoms with van der Waals surface area (Å²) < 4.78 is 0. The van der Waals surface area contributed by atoms with Gasteiger partial charge in [-0.15, -0.1) is 0 Å². The summed E-state index contributed by atoms with van der Waals surface area (Å²) in [5.41, 5.74) is 1.20. The molecule has 2 aromatic rings. The number of benzene rings is 1. The molecule has 0 bridgehead atoms. The van der Waals surface area contributed by atoms with Gasteiger partial charge in [-0.1, -0.05) is 19.1 Å². The molecule has 24 heavy (non-hydrogen) atoms. The number of amides is 1. The van der Waals surface area contributed by atoms with Crippen LogP contribution in [0.15, 0.2) is 36.5 Å². The Kier molecular flexibility index (Phi) is 4.71. The number of nitrogens with zero attached hydrogens (tertiary/aromatic N) is 4. The summed E-state index contributed by atoms with van der Waals surface area (Å²) in [5, 5.41) is 11.8. The maximum Gasteiger partial charge on any atom is 0.274 e. The smallest absolute Gasteiger partial charge is 0.274 e. The van der Waals surface area contributed by atoms with Gasteiger partial charge >= 0.3 is 0 Å². The number of hydrogen-bond donors (Lipinski definition) is 1. The van der Waals surface area contributed by atoms with Crippen molar-refractivity contribution in [1.29, 1.82) is 5.26 Å². The fourth-order valence-corrected chi connectivity index (χ4v) is 2.71. The Bertz CT molecular complexity index is 775. The molecule has 2 heterocycles. The molecule has 1 N–H and O–H groups in total. The molecule has 0 aliphatic carbocycles. The second-order valence-corrected chi connectivity index (χ2v) is 6.02. The number of nitriles is 1. The quantitative estimate of drug-likeness (QED) is 0.940. The molecule has 0 unspecified atom stereocenters. The average molecular weight is 321 g/mol. The van der Waals surface area contributed by atoms with Gasteiger partial charge in [0.05, 0.1) is 11.3 Å². The lowest BCUT2D eigenvalue weighted by Crippen LogP contribution is -2.34. The van der Waals surface area contributed by atoms with Crippen LogP contribution in [0.2, 0.25) is 0 Å². The van der Waals surface area contributed by atoms with E-state index >= 15 is 0 Å². The summed E-state index contributed by atoms with van der Waals surface area (Å²) in [6.07, 6.45) is 3.82. The summed E-state index contributed by atoms with van der Waals surface area (Å²) >= 11 is 0. The molecule has 6 heteroatoms. The van der Waals surface area contributed by atoms with Crippen molar-refractivity contribution in [3.05, 3.63) is 47.8 Å². The molecule has 0 atom stereocenters. The van der Waals surface area contributed by atoms with Gasteiger partial charge in [-0.2, -0.15) is 5.26 Å². The third kappa shape index (κ3) is 3.51. The number of nitrogens with one attached hydrogen (secondary N) is 1. The maximum atomic E-state index is 12.4. The highest BCUT2D eigenvalue weighted by atomic mass is 16.1. The number of anilines is 2. The van der Waals surface area contributed by atoms with Crippen LogP contribution in [0.4, 0.5) is 11.6 Å². The van der Waals surface area contributed by atoms with Crippen LogP contribution in [0.5, 0.6) is 0 Å². The van der Waals surface area contributed by atoms with Gasteiger partial charge in [-0.3, -0.25) is 4.79 Å². The van der Waals surface area contributed by atoms with Crippen LogP contribution in [0.3, 0.4) is 0 Å². The molecule has 1 amide bonds. The van der Waals surface area contributed by atoms with Gasteiger partial charge in [0, 0.05) is 19.3 Å². The number of piperidine rings is 1. The largest absolute Gasteiger partial charge is 0.341 e. The van der Waals surface area contributed by atoms with E-state index in [-0.39, 0.29) is 5.91 Å².